The minimum atomic E-state index is 0.0839. The number of Topliss-reactive ketones (excluding diaryl/α,β-unsaturated/α-hetero) is 1. The third kappa shape index (κ3) is 4.01. The first kappa shape index (κ1) is 10.1. The molecular formula is C7H8Br2O. The van der Waals surface area contributed by atoms with Gasteiger partial charge in [0.15, 0.2) is 5.78 Å². The van der Waals surface area contributed by atoms with E-state index in [4.69, 9.17) is 0 Å². The van der Waals surface area contributed by atoms with E-state index in [-0.39, 0.29) is 5.78 Å². The van der Waals surface area contributed by atoms with Crippen LogP contribution >= 0.6 is 31.9 Å². The van der Waals surface area contributed by atoms with E-state index in [9.17, 15) is 4.79 Å². The lowest BCUT2D eigenvalue weighted by Crippen LogP contribution is -1.99. The summed E-state index contributed by atoms with van der Waals surface area (Å²) < 4.78 is 0.722. The van der Waals surface area contributed by atoms with Crippen LogP contribution < -0.4 is 0 Å². The van der Waals surface area contributed by atoms with Crippen LogP contribution in [0.3, 0.4) is 0 Å². The zero-order chi connectivity index (χ0) is 8.15. The molecule has 0 atom stereocenters. The molecule has 56 valence electrons. The van der Waals surface area contributed by atoms with Crippen molar-refractivity contribution in [3.05, 3.63) is 22.7 Å². The summed E-state index contributed by atoms with van der Waals surface area (Å²) in [5, 5.41) is 0.371. The Bertz CT molecular complexity index is 182. The first-order valence-corrected chi connectivity index (χ1v) is 4.61. The first-order chi connectivity index (χ1) is 4.57. The molecule has 0 aliphatic heterocycles. The number of halogens is 2. The van der Waals surface area contributed by atoms with Gasteiger partial charge >= 0.3 is 0 Å². The number of carbonyl (C=O) groups excluding carboxylic acids is 1. The summed E-state index contributed by atoms with van der Waals surface area (Å²) in [5.74, 6) is 0.0839. The number of hydrogen-bond donors (Lipinski definition) is 0. The Morgan fingerprint density at radius 3 is 2.50 bits per heavy atom. The predicted octanol–water partition coefficient (Wildman–Crippen LogP) is 2.81. The van der Waals surface area contributed by atoms with Gasteiger partial charge in [-0.3, -0.25) is 4.79 Å². The molecule has 0 heterocycles. The van der Waals surface area contributed by atoms with Gasteiger partial charge in [-0.15, -0.1) is 0 Å². The van der Waals surface area contributed by atoms with Crippen molar-refractivity contribution in [1.29, 1.82) is 0 Å². The molecule has 0 saturated heterocycles. The summed E-state index contributed by atoms with van der Waals surface area (Å²) in [6.07, 6.45) is 1.70. The van der Waals surface area contributed by atoms with Crippen LogP contribution in [0.1, 0.15) is 6.92 Å². The summed E-state index contributed by atoms with van der Waals surface area (Å²) in [7, 11) is 0. The van der Waals surface area contributed by atoms with Crippen LogP contribution in [0.25, 0.3) is 0 Å². The molecule has 0 aliphatic rings. The van der Waals surface area contributed by atoms with Crippen molar-refractivity contribution in [3.8, 4) is 0 Å². The van der Waals surface area contributed by atoms with Crippen LogP contribution in [0.4, 0.5) is 0 Å². The average molecular weight is 268 g/mol. The highest BCUT2D eigenvalue weighted by molar-refractivity contribution is 9.11. The smallest absolute Gasteiger partial charge is 0.169 e. The van der Waals surface area contributed by atoms with E-state index in [0.29, 0.717) is 10.9 Å². The van der Waals surface area contributed by atoms with Crippen molar-refractivity contribution in [2.24, 2.45) is 0 Å². The Balaban J connectivity index is 4.19. The highest BCUT2D eigenvalue weighted by atomic mass is 79.9. The van der Waals surface area contributed by atoms with Crippen LogP contribution in [-0.4, -0.2) is 11.1 Å². The fourth-order valence-corrected chi connectivity index (χ4v) is 1.21. The molecule has 3 heteroatoms. The summed E-state index contributed by atoms with van der Waals surface area (Å²) in [5.41, 5.74) is 0.707. The second kappa shape index (κ2) is 4.85. The predicted molar refractivity (Wildman–Crippen MR) is 50.6 cm³/mol. The fraction of sp³-hybridized carbons (Fsp3) is 0.286. The maximum absolute atomic E-state index is 10.9. The maximum atomic E-state index is 10.9. The minimum absolute atomic E-state index is 0.0839. The van der Waals surface area contributed by atoms with Crippen LogP contribution in [0, 0.1) is 0 Å². The molecule has 0 unspecified atom stereocenters. The van der Waals surface area contributed by atoms with E-state index >= 15 is 0 Å². The number of ketones is 1. The van der Waals surface area contributed by atoms with Crippen molar-refractivity contribution < 1.29 is 4.79 Å². The van der Waals surface area contributed by atoms with Gasteiger partial charge < -0.3 is 0 Å². The van der Waals surface area contributed by atoms with Gasteiger partial charge in [-0.25, -0.2) is 0 Å². The highest BCUT2D eigenvalue weighted by Crippen LogP contribution is 2.07. The topological polar surface area (TPSA) is 17.1 Å². The molecule has 0 aromatic carbocycles. The summed E-state index contributed by atoms with van der Waals surface area (Å²) in [6.45, 7) is 5.34. The Hall–Kier alpha value is 0.110. The monoisotopic (exact) mass is 266 g/mol. The second-order valence-corrected chi connectivity index (χ2v) is 3.41. The van der Waals surface area contributed by atoms with Gasteiger partial charge in [0.2, 0.25) is 0 Å². The molecule has 0 spiro atoms. The Kier molecular flexibility index (Phi) is 4.91. The minimum Gasteiger partial charge on any atom is -0.294 e. The normalized spacial score (nSPS) is 11.3. The largest absolute Gasteiger partial charge is 0.294 e. The summed E-state index contributed by atoms with van der Waals surface area (Å²) >= 11 is 6.20. The SMILES string of the molecule is C=C(Br)C=C(C)C(=O)CBr. The molecule has 0 amide bonds. The van der Waals surface area contributed by atoms with E-state index in [1.807, 2.05) is 0 Å². The van der Waals surface area contributed by atoms with Crippen molar-refractivity contribution >= 4 is 37.6 Å². The van der Waals surface area contributed by atoms with Gasteiger partial charge in [0.05, 0.1) is 5.33 Å². The zero-order valence-electron chi connectivity index (χ0n) is 5.66. The number of carbonyl (C=O) groups is 1. The lowest BCUT2D eigenvalue weighted by molar-refractivity contribution is -0.113. The van der Waals surface area contributed by atoms with Crippen molar-refractivity contribution in [3.63, 3.8) is 0 Å². The third-order valence-electron chi connectivity index (χ3n) is 0.934. The molecular weight excluding hydrogens is 260 g/mol. The number of alkyl halides is 1. The van der Waals surface area contributed by atoms with Crippen molar-refractivity contribution in [2.45, 2.75) is 6.92 Å². The van der Waals surface area contributed by atoms with Crippen molar-refractivity contribution in [1.82, 2.24) is 0 Å². The van der Waals surface area contributed by atoms with Crippen LogP contribution in [0.5, 0.6) is 0 Å². The van der Waals surface area contributed by atoms with Gasteiger partial charge in [0.25, 0.3) is 0 Å². The quantitative estimate of drug-likeness (QED) is 0.437. The molecule has 0 rings (SSSR count). The van der Waals surface area contributed by atoms with Crippen LogP contribution in [0.15, 0.2) is 22.7 Å². The lowest BCUT2D eigenvalue weighted by Gasteiger charge is -1.93. The molecule has 0 fully saturated rings. The Morgan fingerprint density at radius 2 is 2.20 bits per heavy atom. The van der Waals surface area contributed by atoms with E-state index in [1.54, 1.807) is 13.0 Å². The zero-order valence-corrected chi connectivity index (χ0v) is 8.83. The van der Waals surface area contributed by atoms with E-state index in [0.717, 1.165) is 4.48 Å². The number of rotatable bonds is 3. The molecule has 0 radical (unpaired) electrons. The molecule has 0 saturated carbocycles. The molecule has 10 heavy (non-hydrogen) atoms. The van der Waals surface area contributed by atoms with E-state index in [1.165, 1.54) is 0 Å². The fourth-order valence-electron chi connectivity index (χ4n) is 0.421. The number of allylic oxidation sites excluding steroid dienone is 3. The van der Waals surface area contributed by atoms with Crippen molar-refractivity contribution in [2.75, 3.05) is 5.33 Å². The second-order valence-electron chi connectivity index (χ2n) is 1.83. The lowest BCUT2D eigenvalue weighted by atomic mass is 10.2. The summed E-state index contributed by atoms with van der Waals surface area (Å²) in [4.78, 5) is 10.9. The molecule has 1 nitrogen and oxygen atoms in total. The Labute approximate surface area is 77.4 Å². The maximum Gasteiger partial charge on any atom is 0.169 e. The van der Waals surface area contributed by atoms with Gasteiger partial charge in [-0.1, -0.05) is 38.4 Å². The van der Waals surface area contributed by atoms with E-state index < -0.39 is 0 Å². The van der Waals surface area contributed by atoms with E-state index in [2.05, 4.69) is 38.4 Å². The number of hydrogen-bond acceptors (Lipinski definition) is 1. The van der Waals surface area contributed by atoms with Gasteiger partial charge in [0, 0.05) is 4.48 Å². The molecule has 0 N–H and O–H groups in total. The third-order valence-corrected chi connectivity index (χ3v) is 1.67. The molecule has 0 aliphatic carbocycles. The Morgan fingerprint density at radius 1 is 1.70 bits per heavy atom. The van der Waals surface area contributed by atoms with Gasteiger partial charge in [0.1, 0.15) is 0 Å². The standard InChI is InChI=1S/C7H8Br2O/c1-5(3-6(2)9)7(10)4-8/h3H,2,4H2,1H3. The summed E-state index contributed by atoms with van der Waals surface area (Å²) in [6, 6.07) is 0. The average Bonchev–Trinajstić information content (AvgIpc) is 1.85. The van der Waals surface area contributed by atoms with Crippen LogP contribution in [-0.2, 0) is 4.79 Å². The van der Waals surface area contributed by atoms with Gasteiger partial charge in [-0.2, -0.15) is 0 Å². The molecule has 0 bridgehead atoms. The highest BCUT2D eigenvalue weighted by Gasteiger charge is 2.00. The van der Waals surface area contributed by atoms with Crippen LogP contribution in [0.2, 0.25) is 0 Å². The first-order valence-electron chi connectivity index (χ1n) is 2.69. The molecule has 0 aromatic heterocycles. The molecule has 0 aromatic rings. The van der Waals surface area contributed by atoms with Gasteiger partial charge in [-0.05, 0) is 18.6 Å².